The van der Waals surface area contributed by atoms with E-state index in [1.807, 2.05) is 0 Å². The molecule has 0 N–H and O–H groups in total. The lowest BCUT2D eigenvalue weighted by Gasteiger charge is -1.94. The van der Waals surface area contributed by atoms with Gasteiger partial charge in [0.2, 0.25) is 0 Å². The second-order valence-electron chi connectivity index (χ2n) is 3.10. The number of non-ortho nitro benzene ring substituents is 1. The highest BCUT2D eigenvalue weighted by atomic mass is 16.6. The van der Waals surface area contributed by atoms with E-state index in [9.17, 15) is 19.7 Å². The summed E-state index contributed by atoms with van der Waals surface area (Å²) in [5.74, 6) is 2.57. The Bertz CT molecular complexity index is 536. The molecule has 0 atom stereocenters. The largest absolute Gasteiger partial charge is 0.459 e. The number of nitrogens with zero attached hydrogens (tertiary/aromatic N) is 1. The molecule has 92 valence electrons. The van der Waals surface area contributed by atoms with Crippen LogP contribution in [0, 0.1) is 22.0 Å². The van der Waals surface area contributed by atoms with Gasteiger partial charge in [0.05, 0.1) is 11.5 Å². The van der Waals surface area contributed by atoms with E-state index >= 15 is 0 Å². The van der Waals surface area contributed by atoms with E-state index in [1.54, 1.807) is 6.92 Å². The molecule has 1 aromatic rings. The standard InChI is InChI=1S/C12H9NO5/c1-2-18-12(15)11(14)8-5-9-3-6-10(7-4-9)13(16)17/h3-4,6-7H,2H2,1H3. The number of hydrogen-bond donors (Lipinski definition) is 0. The molecule has 0 heterocycles. The molecule has 18 heavy (non-hydrogen) atoms. The van der Waals surface area contributed by atoms with Gasteiger partial charge in [-0.15, -0.1) is 0 Å². The highest BCUT2D eigenvalue weighted by Gasteiger charge is 2.10. The average molecular weight is 247 g/mol. The van der Waals surface area contributed by atoms with E-state index in [-0.39, 0.29) is 12.3 Å². The van der Waals surface area contributed by atoms with Gasteiger partial charge < -0.3 is 4.74 Å². The topological polar surface area (TPSA) is 86.5 Å². The van der Waals surface area contributed by atoms with Crippen molar-refractivity contribution in [2.24, 2.45) is 0 Å². The average Bonchev–Trinajstić information content (AvgIpc) is 2.36. The molecule has 1 rings (SSSR count). The molecule has 0 aromatic heterocycles. The molecule has 0 radical (unpaired) electrons. The van der Waals surface area contributed by atoms with Crippen molar-refractivity contribution in [3.63, 3.8) is 0 Å². The smallest absolute Gasteiger partial charge is 0.388 e. The van der Waals surface area contributed by atoms with Crippen LogP contribution in [-0.4, -0.2) is 23.3 Å². The van der Waals surface area contributed by atoms with E-state index in [2.05, 4.69) is 16.6 Å². The van der Waals surface area contributed by atoms with Crippen molar-refractivity contribution in [1.29, 1.82) is 0 Å². The third-order valence-corrected chi connectivity index (χ3v) is 1.86. The minimum atomic E-state index is -1.01. The third-order valence-electron chi connectivity index (χ3n) is 1.86. The number of hydrogen-bond acceptors (Lipinski definition) is 5. The molecule has 0 aliphatic rings. The first-order chi connectivity index (χ1) is 8.54. The van der Waals surface area contributed by atoms with Crippen molar-refractivity contribution in [2.75, 3.05) is 6.61 Å². The fourth-order valence-electron chi connectivity index (χ4n) is 1.04. The van der Waals surface area contributed by atoms with Crippen molar-refractivity contribution >= 4 is 17.4 Å². The molecule has 0 bridgehead atoms. The van der Waals surface area contributed by atoms with Crippen LogP contribution in [0.15, 0.2) is 24.3 Å². The summed E-state index contributed by atoms with van der Waals surface area (Å²) < 4.78 is 4.46. The van der Waals surface area contributed by atoms with Crippen LogP contribution in [-0.2, 0) is 14.3 Å². The molecule has 0 unspecified atom stereocenters. The van der Waals surface area contributed by atoms with Crippen molar-refractivity contribution in [1.82, 2.24) is 0 Å². The van der Waals surface area contributed by atoms with E-state index in [0.29, 0.717) is 5.56 Å². The Labute approximate surface area is 103 Å². The molecule has 0 aliphatic carbocycles. The summed E-state index contributed by atoms with van der Waals surface area (Å²) in [5, 5.41) is 10.4. The highest BCUT2D eigenvalue weighted by Crippen LogP contribution is 2.10. The van der Waals surface area contributed by atoms with E-state index in [4.69, 9.17) is 0 Å². The van der Waals surface area contributed by atoms with Gasteiger partial charge in [-0.3, -0.25) is 14.9 Å². The zero-order valence-electron chi connectivity index (χ0n) is 9.50. The molecule has 0 aliphatic heterocycles. The van der Waals surface area contributed by atoms with Crippen molar-refractivity contribution in [3.8, 4) is 11.8 Å². The first-order valence-electron chi connectivity index (χ1n) is 5.02. The second-order valence-corrected chi connectivity index (χ2v) is 3.10. The molecule has 1 aromatic carbocycles. The quantitative estimate of drug-likeness (QED) is 0.262. The number of esters is 1. The van der Waals surface area contributed by atoms with E-state index in [0.717, 1.165) is 0 Å². The molecule has 0 fully saturated rings. The number of ether oxygens (including phenoxy) is 1. The molecular formula is C12H9NO5. The number of rotatable bonds is 3. The Morgan fingerprint density at radius 3 is 2.44 bits per heavy atom. The summed E-state index contributed by atoms with van der Waals surface area (Å²) in [6.07, 6.45) is 0. The summed E-state index contributed by atoms with van der Waals surface area (Å²) in [6, 6.07) is 5.31. The molecule has 6 nitrogen and oxygen atoms in total. The van der Waals surface area contributed by atoms with Crippen molar-refractivity contribution in [2.45, 2.75) is 6.92 Å². The zero-order chi connectivity index (χ0) is 13.5. The Kier molecular flexibility index (Phi) is 4.58. The van der Waals surface area contributed by atoms with Crippen LogP contribution in [0.5, 0.6) is 0 Å². The van der Waals surface area contributed by atoms with Crippen LogP contribution in [0.3, 0.4) is 0 Å². The van der Waals surface area contributed by atoms with Crippen LogP contribution in [0.25, 0.3) is 0 Å². The lowest BCUT2D eigenvalue weighted by Crippen LogP contribution is -2.15. The number of nitro groups is 1. The summed E-state index contributed by atoms with van der Waals surface area (Å²) in [5.41, 5.74) is 0.329. The minimum Gasteiger partial charge on any atom is -0.459 e. The molecule has 0 saturated heterocycles. The van der Waals surface area contributed by atoms with Gasteiger partial charge in [0.15, 0.2) is 0 Å². The Morgan fingerprint density at radius 1 is 1.33 bits per heavy atom. The summed E-state index contributed by atoms with van der Waals surface area (Å²) in [7, 11) is 0. The van der Waals surface area contributed by atoms with E-state index in [1.165, 1.54) is 24.3 Å². The van der Waals surface area contributed by atoms with Gasteiger partial charge in [-0.05, 0) is 25.0 Å². The molecule has 0 spiro atoms. The minimum absolute atomic E-state index is 0.0720. The van der Waals surface area contributed by atoms with E-state index < -0.39 is 16.7 Å². The monoisotopic (exact) mass is 247 g/mol. The first-order valence-corrected chi connectivity index (χ1v) is 5.02. The predicted molar refractivity (Wildman–Crippen MR) is 61.6 cm³/mol. The Balaban J connectivity index is 2.77. The zero-order valence-corrected chi connectivity index (χ0v) is 9.50. The fourth-order valence-corrected chi connectivity index (χ4v) is 1.04. The Morgan fingerprint density at radius 2 is 1.94 bits per heavy atom. The maximum Gasteiger partial charge on any atom is 0.388 e. The number of carbonyl (C=O) groups is 2. The maximum atomic E-state index is 11.1. The lowest BCUT2D eigenvalue weighted by molar-refractivity contribution is -0.384. The van der Waals surface area contributed by atoms with Gasteiger partial charge in [0.1, 0.15) is 0 Å². The van der Waals surface area contributed by atoms with Gasteiger partial charge in [0, 0.05) is 17.7 Å². The van der Waals surface area contributed by atoms with Crippen molar-refractivity contribution < 1.29 is 19.2 Å². The third kappa shape index (κ3) is 3.72. The van der Waals surface area contributed by atoms with Crippen LogP contribution in [0.1, 0.15) is 12.5 Å². The SMILES string of the molecule is CCOC(=O)C(=O)C#Cc1ccc([N+](=O)[O-])cc1. The maximum absolute atomic E-state index is 11.1. The summed E-state index contributed by atoms with van der Waals surface area (Å²) in [4.78, 5) is 31.9. The van der Waals surface area contributed by atoms with Gasteiger partial charge in [-0.2, -0.15) is 0 Å². The molecular weight excluding hydrogens is 238 g/mol. The fraction of sp³-hybridized carbons (Fsp3) is 0.167. The summed E-state index contributed by atoms with van der Waals surface area (Å²) >= 11 is 0. The number of benzene rings is 1. The summed E-state index contributed by atoms with van der Waals surface area (Å²) in [6.45, 7) is 1.68. The second kappa shape index (κ2) is 6.15. The highest BCUT2D eigenvalue weighted by molar-refractivity contribution is 6.40. The van der Waals surface area contributed by atoms with Crippen LogP contribution in [0.4, 0.5) is 5.69 Å². The van der Waals surface area contributed by atoms with Crippen LogP contribution in [0.2, 0.25) is 0 Å². The molecule has 0 saturated carbocycles. The first kappa shape index (κ1) is 13.4. The normalized spacial score (nSPS) is 8.94. The number of Topliss-reactive ketones (excluding diaryl/α,β-unsaturated/α-hetero) is 1. The Hall–Kier alpha value is -2.68. The van der Waals surface area contributed by atoms with Gasteiger partial charge >= 0.3 is 11.8 Å². The number of nitro benzene ring substituents is 1. The number of carbonyl (C=O) groups excluding carboxylic acids is 2. The van der Waals surface area contributed by atoms with Gasteiger partial charge in [0.25, 0.3) is 5.69 Å². The van der Waals surface area contributed by atoms with Gasteiger partial charge in [-0.25, -0.2) is 4.79 Å². The molecule has 6 heteroatoms. The van der Waals surface area contributed by atoms with Crippen LogP contribution < -0.4 is 0 Å². The predicted octanol–water partition coefficient (Wildman–Crippen LogP) is 1.08. The number of ketones is 1. The van der Waals surface area contributed by atoms with Gasteiger partial charge in [-0.1, -0.05) is 5.92 Å². The molecule has 0 amide bonds. The van der Waals surface area contributed by atoms with Crippen molar-refractivity contribution in [3.05, 3.63) is 39.9 Å². The lowest BCUT2D eigenvalue weighted by atomic mass is 10.2. The van der Waals surface area contributed by atoms with Crippen LogP contribution >= 0.6 is 0 Å².